The maximum absolute atomic E-state index is 12.8. The first-order valence-electron chi connectivity index (χ1n) is 7.98. The van der Waals surface area contributed by atoms with E-state index in [1.165, 1.54) is 4.68 Å². The van der Waals surface area contributed by atoms with Crippen molar-refractivity contribution in [3.05, 3.63) is 46.4 Å². The van der Waals surface area contributed by atoms with Crippen LogP contribution in [0.2, 0.25) is 0 Å². The zero-order chi connectivity index (χ0) is 16.7. The lowest BCUT2D eigenvalue weighted by Crippen LogP contribution is -2.43. The quantitative estimate of drug-likeness (QED) is 0.699. The molecule has 7 heteroatoms. The molecule has 1 saturated heterocycles. The largest absolute Gasteiger partial charge is 0.378 e. The number of aryl methyl sites for hydroxylation is 1. The van der Waals surface area contributed by atoms with Gasteiger partial charge in [-0.05, 0) is 30.0 Å². The van der Waals surface area contributed by atoms with Crippen LogP contribution in [0.15, 0.2) is 35.1 Å². The number of para-hydroxylation sites is 1. The van der Waals surface area contributed by atoms with Crippen LogP contribution in [-0.4, -0.2) is 51.3 Å². The van der Waals surface area contributed by atoms with Crippen molar-refractivity contribution in [1.29, 1.82) is 0 Å². The molecule has 3 aromatic rings. The third-order valence-electron chi connectivity index (χ3n) is 4.39. The molecule has 0 spiro atoms. The number of benzene rings is 1. The fourth-order valence-corrected chi connectivity index (χ4v) is 3.14. The molecule has 0 bridgehead atoms. The Morgan fingerprint density at radius 3 is 2.79 bits per heavy atom. The average Bonchev–Trinajstić information content (AvgIpc) is 2.93. The van der Waals surface area contributed by atoms with Crippen LogP contribution in [0.5, 0.6) is 0 Å². The van der Waals surface area contributed by atoms with E-state index in [4.69, 9.17) is 4.74 Å². The number of hydrogen-bond donors (Lipinski definition) is 0. The van der Waals surface area contributed by atoms with Crippen LogP contribution in [0.4, 0.5) is 0 Å². The molecule has 24 heavy (non-hydrogen) atoms. The van der Waals surface area contributed by atoms with Gasteiger partial charge in [-0.15, -0.1) is 5.10 Å². The van der Waals surface area contributed by atoms with Gasteiger partial charge in [-0.25, -0.2) is 13.9 Å². The minimum absolute atomic E-state index is 0.0473. The first-order chi connectivity index (χ1) is 11.6. The highest BCUT2D eigenvalue weighted by Crippen LogP contribution is 2.17. The average molecular weight is 326 g/mol. The predicted molar refractivity (Wildman–Crippen MR) is 89.1 cm³/mol. The summed E-state index contributed by atoms with van der Waals surface area (Å²) < 4.78 is 8.09. The molecule has 1 fully saturated rings. The lowest BCUT2D eigenvalue weighted by Gasteiger charge is -2.26. The second kappa shape index (κ2) is 5.76. The number of rotatable bonds is 2. The number of aromatic nitrogens is 3. The van der Waals surface area contributed by atoms with Crippen molar-refractivity contribution in [2.45, 2.75) is 13.5 Å². The number of ether oxygens (including phenoxy) is 1. The first-order valence-corrected chi connectivity index (χ1v) is 7.98. The molecule has 1 amide bonds. The number of morpholine rings is 1. The molecule has 1 aliphatic rings. The van der Waals surface area contributed by atoms with Gasteiger partial charge in [-0.2, -0.15) is 0 Å². The number of carbonyl (C=O) groups excluding carboxylic acids is 1. The summed E-state index contributed by atoms with van der Waals surface area (Å²) in [6.45, 7) is 4.06. The van der Waals surface area contributed by atoms with E-state index >= 15 is 0 Å². The maximum atomic E-state index is 12.8. The molecular formula is C17H18N4O3. The van der Waals surface area contributed by atoms with Gasteiger partial charge in [-0.3, -0.25) is 4.79 Å². The van der Waals surface area contributed by atoms with Crippen molar-refractivity contribution in [2.24, 2.45) is 0 Å². The fraction of sp³-hybridized carbons (Fsp3) is 0.353. The summed E-state index contributed by atoms with van der Waals surface area (Å²) in [6.07, 6.45) is 0. The highest BCUT2D eigenvalue weighted by atomic mass is 16.5. The van der Waals surface area contributed by atoms with E-state index in [-0.39, 0.29) is 18.1 Å². The lowest BCUT2D eigenvalue weighted by molar-refractivity contribution is -0.136. The number of pyridine rings is 1. The van der Waals surface area contributed by atoms with Crippen LogP contribution in [0, 0.1) is 6.92 Å². The molecule has 2 aromatic heterocycles. The summed E-state index contributed by atoms with van der Waals surface area (Å²) in [5, 5.41) is 5.36. The Bertz CT molecular complexity index is 983. The molecule has 0 N–H and O–H groups in total. The summed E-state index contributed by atoms with van der Waals surface area (Å²) in [7, 11) is 0. The van der Waals surface area contributed by atoms with Gasteiger partial charge in [0.2, 0.25) is 5.91 Å². The van der Waals surface area contributed by atoms with Crippen LogP contribution in [-0.2, 0) is 16.1 Å². The Labute approximate surface area is 138 Å². The first kappa shape index (κ1) is 14.9. The maximum Gasteiger partial charge on any atom is 0.351 e. The van der Waals surface area contributed by atoms with E-state index in [9.17, 15) is 9.59 Å². The molecule has 0 radical (unpaired) electrons. The van der Waals surface area contributed by atoms with Gasteiger partial charge in [0.05, 0.1) is 18.7 Å². The molecule has 0 atom stereocenters. The minimum Gasteiger partial charge on any atom is -0.378 e. The predicted octanol–water partition coefficient (Wildman–Crippen LogP) is 0.816. The van der Waals surface area contributed by atoms with Crippen LogP contribution in [0.3, 0.4) is 0 Å². The third kappa shape index (κ3) is 2.37. The molecular weight excluding hydrogens is 308 g/mol. The van der Waals surface area contributed by atoms with Crippen LogP contribution in [0.1, 0.15) is 5.56 Å². The van der Waals surface area contributed by atoms with Gasteiger partial charge >= 0.3 is 5.69 Å². The van der Waals surface area contributed by atoms with E-state index in [0.717, 1.165) is 16.5 Å². The van der Waals surface area contributed by atoms with Gasteiger partial charge in [0, 0.05) is 13.1 Å². The number of amides is 1. The Morgan fingerprint density at radius 2 is 2.00 bits per heavy atom. The van der Waals surface area contributed by atoms with Gasteiger partial charge < -0.3 is 9.64 Å². The van der Waals surface area contributed by atoms with Crippen molar-refractivity contribution < 1.29 is 9.53 Å². The van der Waals surface area contributed by atoms with E-state index in [1.54, 1.807) is 9.30 Å². The molecule has 0 aliphatic carbocycles. The molecule has 7 nitrogen and oxygen atoms in total. The molecule has 1 aromatic carbocycles. The monoisotopic (exact) mass is 326 g/mol. The zero-order valence-corrected chi connectivity index (χ0v) is 13.4. The molecule has 124 valence electrons. The Balaban J connectivity index is 1.78. The van der Waals surface area contributed by atoms with Crippen molar-refractivity contribution in [1.82, 2.24) is 19.1 Å². The Morgan fingerprint density at radius 1 is 1.25 bits per heavy atom. The molecule has 3 heterocycles. The summed E-state index contributed by atoms with van der Waals surface area (Å²) in [4.78, 5) is 26.9. The van der Waals surface area contributed by atoms with Gasteiger partial charge in [0.1, 0.15) is 6.54 Å². The normalized spacial score (nSPS) is 15.3. The van der Waals surface area contributed by atoms with Crippen molar-refractivity contribution in [2.75, 3.05) is 26.3 Å². The SMILES string of the molecule is Cc1cc2ccccc2n2c(=O)n(CC(=O)N3CCOCC3)nc12. The van der Waals surface area contributed by atoms with Crippen LogP contribution in [0.25, 0.3) is 16.6 Å². The van der Waals surface area contributed by atoms with Crippen molar-refractivity contribution >= 4 is 22.5 Å². The lowest BCUT2D eigenvalue weighted by atomic mass is 10.1. The van der Waals surface area contributed by atoms with Crippen molar-refractivity contribution in [3.8, 4) is 0 Å². The molecule has 0 unspecified atom stereocenters. The molecule has 4 rings (SSSR count). The molecule has 0 saturated carbocycles. The van der Waals surface area contributed by atoms with E-state index in [1.807, 2.05) is 37.3 Å². The van der Waals surface area contributed by atoms with E-state index in [2.05, 4.69) is 5.10 Å². The molecule has 1 aliphatic heterocycles. The smallest absolute Gasteiger partial charge is 0.351 e. The Hall–Kier alpha value is -2.67. The van der Waals surface area contributed by atoms with Gasteiger partial charge in [0.25, 0.3) is 0 Å². The summed E-state index contributed by atoms with van der Waals surface area (Å²) in [6, 6.07) is 9.68. The zero-order valence-electron chi connectivity index (χ0n) is 13.4. The topological polar surface area (TPSA) is 68.8 Å². The summed E-state index contributed by atoms with van der Waals surface area (Å²) in [5.41, 5.74) is 2.01. The summed E-state index contributed by atoms with van der Waals surface area (Å²) >= 11 is 0. The van der Waals surface area contributed by atoms with Crippen LogP contribution < -0.4 is 5.69 Å². The second-order valence-corrected chi connectivity index (χ2v) is 5.98. The highest BCUT2D eigenvalue weighted by Gasteiger charge is 2.20. The third-order valence-corrected chi connectivity index (χ3v) is 4.39. The van der Waals surface area contributed by atoms with E-state index < -0.39 is 0 Å². The van der Waals surface area contributed by atoms with E-state index in [0.29, 0.717) is 32.0 Å². The summed E-state index contributed by atoms with van der Waals surface area (Å²) in [5.74, 6) is -0.106. The number of hydrogen-bond acceptors (Lipinski definition) is 4. The number of fused-ring (bicyclic) bond motifs is 3. The van der Waals surface area contributed by atoms with Crippen molar-refractivity contribution in [3.63, 3.8) is 0 Å². The minimum atomic E-state index is -0.286. The van der Waals surface area contributed by atoms with Crippen LogP contribution >= 0.6 is 0 Å². The number of nitrogens with zero attached hydrogens (tertiary/aromatic N) is 4. The van der Waals surface area contributed by atoms with Gasteiger partial charge in [0.15, 0.2) is 5.65 Å². The number of carbonyl (C=O) groups is 1. The highest BCUT2D eigenvalue weighted by molar-refractivity contribution is 5.83. The Kier molecular flexibility index (Phi) is 3.57. The second-order valence-electron chi connectivity index (χ2n) is 5.98. The van der Waals surface area contributed by atoms with Gasteiger partial charge in [-0.1, -0.05) is 18.2 Å². The standard InChI is InChI=1S/C17H18N4O3/c1-12-10-13-4-2-3-5-14(13)21-16(12)18-20(17(21)23)11-15(22)19-6-8-24-9-7-19/h2-5,10H,6-9,11H2,1H3. The fourth-order valence-electron chi connectivity index (χ4n) is 3.14.